The van der Waals surface area contributed by atoms with E-state index in [1.807, 2.05) is 12.1 Å². The number of nitrogens with zero attached hydrogens (tertiary/aromatic N) is 2. The van der Waals surface area contributed by atoms with E-state index in [0.29, 0.717) is 5.69 Å². The van der Waals surface area contributed by atoms with Crippen LogP contribution in [0.3, 0.4) is 0 Å². The molecule has 1 aromatic heterocycles. The Morgan fingerprint density at radius 1 is 1.22 bits per heavy atom. The molecule has 0 radical (unpaired) electrons. The Labute approximate surface area is 134 Å². The maximum absolute atomic E-state index is 12.4. The number of aryl methyl sites for hydroxylation is 2. The van der Waals surface area contributed by atoms with Crippen LogP contribution in [0.2, 0.25) is 0 Å². The topological polar surface area (TPSA) is 86.2 Å². The van der Waals surface area contributed by atoms with Crippen LogP contribution in [0.4, 0.5) is 0 Å². The first-order chi connectivity index (χ1) is 11.1. The molecule has 1 heterocycles. The summed E-state index contributed by atoms with van der Waals surface area (Å²) in [6, 6.07) is 11.2. The highest BCUT2D eigenvalue weighted by Gasteiger charge is 2.16. The average Bonchev–Trinajstić information content (AvgIpc) is 3.04. The fraction of sp³-hybridized carbons (Fsp3) is 0.333. The van der Waals surface area contributed by atoms with Crippen molar-refractivity contribution in [2.24, 2.45) is 0 Å². The van der Waals surface area contributed by atoms with Gasteiger partial charge in [-0.3, -0.25) is 4.79 Å². The van der Waals surface area contributed by atoms with Crippen LogP contribution in [-0.2, 0) is 19.4 Å². The Bertz CT molecular complexity index is 833. The molecule has 23 heavy (non-hydrogen) atoms. The third-order valence-electron chi connectivity index (χ3n) is 4.29. The largest absolute Gasteiger partial charge is 0.394 e. The summed E-state index contributed by atoms with van der Waals surface area (Å²) in [7, 11) is 0. The van der Waals surface area contributed by atoms with E-state index in [0.717, 1.165) is 24.8 Å². The van der Waals surface area contributed by atoms with Crippen LogP contribution in [0.25, 0.3) is 11.3 Å². The molecule has 1 aliphatic carbocycles. The number of nitriles is 1. The van der Waals surface area contributed by atoms with Crippen molar-refractivity contribution >= 4 is 0 Å². The third-order valence-corrected chi connectivity index (χ3v) is 4.29. The second-order valence-electron chi connectivity index (χ2n) is 5.83. The first-order valence-electron chi connectivity index (χ1n) is 7.69. The van der Waals surface area contributed by atoms with E-state index in [9.17, 15) is 9.90 Å². The number of hydrogen-bond acceptors (Lipinski definition) is 4. The highest BCUT2D eigenvalue weighted by Crippen LogP contribution is 2.27. The van der Waals surface area contributed by atoms with Crippen molar-refractivity contribution in [3.05, 3.63) is 57.4 Å². The number of benzene rings is 1. The minimum Gasteiger partial charge on any atom is -0.394 e. The molecule has 5 nitrogen and oxygen atoms in total. The lowest BCUT2D eigenvalue weighted by Gasteiger charge is -2.16. The number of aliphatic hydroxyl groups excluding tert-OH is 2. The first kappa shape index (κ1) is 15.5. The van der Waals surface area contributed by atoms with Gasteiger partial charge in [-0.15, -0.1) is 0 Å². The minimum atomic E-state index is -1.05. The standard InChI is InChI=1S/C18H18N2O3/c19-9-15-6-7-17(20(18(15)23)10-16(22)11-21)14-5-4-12-2-1-3-13(12)8-14/h4-8,16,21-22H,1-3,10-11H2. The molecule has 1 unspecified atom stereocenters. The van der Waals surface area contributed by atoms with E-state index < -0.39 is 18.3 Å². The van der Waals surface area contributed by atoms with Gasteiger partial charge in [-0.25, -0.2) is 0 Å². The minimum absolute atomic E-state index is 0.0278. The Morgan fingerprint density at radius 3 is 2.74 bits per heavy atom. The normalized spacial score (nSPS) is 14.3. The second kappa shape index (κ2) is 6.37. The van der Waals surface area contributed by atoms with Gasteiger partial charge in [0.25, 0.3) is 5.56 Å². The molecule has 0 amide bonds. The summed E-state index contributed by atoms with van der Waals surface area (Å²) in [5.41, 5.74) is 3.74. The highest BCUT2D eigenvalue weighted by molar-refractivity contribution is 5.63. The van der Waals surface area contributed by atoms with Crippen LogP contribution in [0.1, 0.15) is 23.1 Å². The predicted octanol–water partition coefficient (Wildman–Crippen LogP) is 1.23. The van der Waals surface area contributed by atoms with Gasteiger partial charge in [-0.05, 0) is 54.2 Å². The molecule has 1 aliphatic rings. The summed E-state index contributed by atoms with van der Waals surface area (Å²) in [4.78, 5) is 12.4. The fourth-order valence-electron chi connectivity index (χ4n) is 3.10. The zero-order chi connectivity index (χ0) is 16.4. The second-order valence-corrected chi connectivity index (χ2v) is 5.83. The summed E-state index contributed by atoms with van der Waals surface area (Å²) in [5, 5.41) is 27.9. The average molecular weight is 310 g/mol. The first-order valence-corrected chi connectivity index (χ1v) is 7.69. The summed E-state index contributed by atoms with van der Waals surface area (Å²) in [6.07, 6.45) is 2.21. The van der Waals surface area contributed by atoms with Crippen molar-refractivity contribution in [3.8, 4) is 17.3 Å². The van der Waals surface area contributed by atoms with Crippen LogP contribution < -0.4 is 5.56 Å². The molecule has 0 spiro atoms. The zero-order valence-electron chi connectivity index (χ0n) is 12.7. The fourth-order valence-corrected chi connectivity index (χ4v) is 3.10. The van der Waals surface area contributed by atoms with E-state index in [1.165, 1.54) is 21.8 Å². The van der Waals surface area contributed by atoms with Gasteiger partial charge in [0.15, 0.2) is 0 Å². The third kappa shape index (κ3) is 2.91. The molecule has 1 atom stereocenters. The van der Waals surface area contributed by atoms with Crippen LogP contribution in [0.15, 0.2) is 35.1 Å². The Hall–Kier alpha value is -2.42. The van der Waals surface area contributed by atoms with Crippen molar-refractivity contribution < 1.29 is 10.2 Å². The lowest BCUT2D eigenvalue weighted by molar-refractivity contribution is 0.0807. The number of pyridine rings is 1. The quantitative estimate of drug-likeness (QED) is 0.889. The van der Waals surface area contributed by atoms with Gasteiger partial charge >= 0.3 is 0 Å². The molecule has 0 saturated carbocycles. The molecule has 2 N–H and O–H groups in total. The maximum atomic E-state index is 12.4. The summed E-state index contributed by atoms with van der Waals surface area (Å²) >= 11 is 0. The van der Waals surface area contributed by atoms with Crippen molar-refractivity contribution in [2.75, 3.05) is 6.61 Å². The van der Waals surface area contributed by atoms with Gasteiger partial charge in [0, 0.05) is 0 Å². The summed E-state index contributed by atoms with van der Waals surface area (Å²) < 4.78 is 1.37. The molecule has 0 fully saturated rings. The molecule has 118 valence electrons. The van der Waals surface area contributed by atoms with Gasteiger partial charge in [-0.1, -0.05) is 12.1 Å². The van der Waals surface area contributed by atoms with Crippen molar-refractivity contribution in [3.63, 3.8) is 0 Å². The van der Waals surface area contributed by atoms with E-state index in [2.05, 4.69) is 12.1 Å². The van der Waals surface area contributed by atoms with Crippen LogP contribution in [-0.4, -0.2) is 27.5 Å². The Balaban J connectivity index is 2.13. The number of fused-ring (bicyclic) bond motifs is 1. The molecule has 0 bridgehead atoms. The zero-order valence-corrected chi connectivity index (χ0v) is 12.7. The predicted molar refractivity (Wildman–Crippen MR) is 86.0 cm³/mol. The molecule has 2 aromatic rings. The molecular weight excluding hydrogens is 292 g/mol. The number of rotatable bonds is 4. The lowest BCUT2D eigenvalue weighted by Crippen LogP contribution is -2.31. The SMILES string of the molecule is N#Cc1ccc(-c2ccc3c(c2)CCC3)n(CC(O)CO)c1=O. The molecule has 0 aliphatic heterocycles. The maximum Gasteiger partial charge on any atom is 0.269 e. The Morgan fingerprint density at radius 2 is 2.00 bits per heavy atom. The summed E-state index contributed by atoms with van der Waals surface area (Å²) in [6.45, 7) is -0.482. The van der Waals surface area contributed by atoms with Crippen molar-refractivity contribution in [1.29, 1.82) is 5.26 Å². The van der Waals surface area contributed by atoms with Gasteiger partial charge in [-0.2, -0.15) is 5.26 Å². The van der Waals surface area contributed by atoms with Gasteiger partial charge in [0.2, 0.25) is 0 Å². The number of aromatic nitrogens is 1. The van der Waals surface area contributed by atoms with E-state index in [-0.39, 0.29) is 12.1 Å². The van der Waals surface area contributed by atoms with Crippen LogP contribution in [0.5, 0.6) is 0 Å². The number of hydrogen-bond donors (Lipinski definition) is 2. The number of aliphatic hydroxyl groups is 2. The van der Waals surface area contributed by atoms with Crippen molar-refractivity contribution in [2.45, 2.75) is 31.9 Å². The molecule has 0 saturated heterocycles. The molecule has 3 rings (SSSR count). The van der Waals surface area contributed by atoms with E-state index >= 15 is 0 Å². The lowest BCUT2D eigenvalue weighted by atomic mass is 10.0. The van der Waals surface area contributed by atoms with Crippen LogP contribution in [0, 0.1) is 11.3 Å². The molecule has 1 aromatic carbocycles. The molecular formula is C18H18N2O3. The van der Waals surface area contributed by atoms with Gasteiger partial charge < -0.3 is 14.8 Å². The smallest absolute Gasteiger partial charge is 0.269 e. The van der Waals surface area contributed by atoms with E-state index in [1.54, 1.807) is 6.07 Å². The van der Waals surface area contributed by atoms with Crippen LogP contribution >= 0.6 is 0 Å². The molecule has 5 heteroatoms. The van der Waals surface area contributed by atoms with Gasteiger partial charge in [0.1, 0.15) is 11.6 Å². The van der Waals surface area contributed by atoms with Gasteiger partial charge in [0.05, 0.1) is 24.9 Å². The van der Waals surface area contributed by atoms with Crippen molar-refractivity contribution in [1.82, 2.24) is 4.57 Å². The monoisotopic (exact) mass is 310 g/mol. The Kier molecular flexibility index (Phi) is 4.28. The highest BCUT2D eigenvalue weighted by atomic mass is 16.3. The van der Waals surface area contributed by atoms with E-state index in [4.69, 9.17) is 10.4 Å². The summed E-state index contributed by atoms with van der Waals surface area (Å²) in [5.74, 6) is 0.